The van der Waals surface area contributed by atoms with Gasteiger partial charge in [0.15, 0.2) is 0 Å². The van der Waals surface area contributed by atoms with E-state index in [1.54, 1.807) is 36.4 Å². The number of hydrogen-bond acceptors (Lipinski definition) is 4. The van der Waals surface area contributed by atoms with Crippen LogP contribution in [0.2, 0.25) is 5.02 Å². The highest BCUT2D eigenvalue weighted by atomic mass is 35.5. The average Bonchev–Trinajstić information content (AvgIpc) is 2.89. The lowest BCUT2D eigenvalue weighted by molar-refractivity contribution is 0.473. The molecule has 19 heavy (non-hydrogen) atoms. The van der Waals surface area contributed by atoms with E-state index in [2.05, 4.69) is 10.2 Å². The predicted octanol–water partition coefficient (Wildman–Crippen LogP) is 3.76. The van der Waals surface area contributed by atoms with Crippen molar-refractivity contribution < 1.29 is 9.52 Å². The van der Waals surface area contributed by atoms with E-state index >= 15 is 0 Å². The van der Waals surface area contributed by atoms with Crippen LogP contribution in [0.15, 0.2) is 52.9 Å². The van der Waals surface area contributed by atoms with E-state index < -0.39 is 0 Å². The van der Waals surface area contributed by atoms with Gasteiger partial charge >= 0.3 is 0 Å². The minimum absolute atomic E-state index is 0.0943. The van der Waals surface area contributed by atoms with Gasteiger partial charge in [0.2, 0.25) is 5.89 Å². The highest BCUT2D eigenvalue weighted by Gasteiger charge is 2.14. The maximum Gasteiger partial charge on any atom is 0.251 e. The van der Waals surface area contributed by atoms with Crippen molar-refractivity contribution in [2.45, 2.75) is 0 Å². The summed E-state index contributed by atoms with van der Waals surface area (Å²) < 4.78 is 5.55. The highest BCUT2D eigenvalue weighted by Crippen LogP contribution is 2.32. The molecule has 0 bridgehead atoms. The highest BCUT2D eigenvalue weighted by molar-refractivity contribution is 6.33. The Balaban J connectivity index is 2.06. The molecule has 5 heteroatoms. The second-order valence-corrected chi connectivity index (χ2v) is 4.32. The molecule has 2 aromatic carbocycles. The number of rotatable bonds is 2. The molecule has 94 valence electrons. The molecule has 0 amide bonds. The molecule has 0 fully saturated rings. The van der Waals surface area contributed by atoms with Crippen LogP contribution in [0, 0.1) is 0 Å². The number of phenolic OH excluding ortho intramolecular Hbond substituents is 1. The first-order valence-corrected chi connectivity index (χ1v) is 6.00. The Bertz CT molecular complexity index is 665. The Labute approximate surface area is 114 Å². The van der Waals surface area contributed by atoms with Crippen molar-refractivity contribution in [2.75, 3.05) is 0 Å². The van der Waals surface area contributed by atoms with Crippen molar-refractivity contribution >= 4 is 11.6 Å². The molecule has 0 saturated carbocycles. The molecule has 0 radical (unpaired) electrons. The number of phenols is 1. The van der Waals surface area contributed by atoms with Gasteiger partial charge < -0.3 is 9.52 Å². The molecule has 0 aliphatic rings. The van der Waals surface area contributed by atoms with Crippen molar-refractivity contribution in [2.24, 2.45) is 0 Å². The summed E-state index contributed by atoms with van der Waals surface area (Å²) in [5, 5.41) is 18.2. The zero-order chi connectivity index (χ0) is 13.2. The van der Waals surface area contributed by atoms with Gasteiger partial charge in [0.25, 0.3) is 5.89 Å². The summed E-state index contributed by atoms with van der Waals surface area (Å²) in [5.41, 5.74) is 1.16. The molecule has 0 saturated heterocycles. The third kappa shape index (κ3) is 2.18. The smallest absolute Gasteiger partial charge is 0.251 e. The van der Waals surface area contributed by atoms with Crippen molar-refractivity contribution in [1.82, 2.24) is 10.2 Å². The molecule has 4 nitrogen and oxygen atoms in total. The summed E-state index contributed by atoms with van der Waals surface area (Å²) in [6.45, 7) is 0. The summed E-state index contributed by atoms with van der Waals surface area (Å²) >= 11 is 6.07. The van der Waals surface area contributed by atoms with Crippen LogP contribution in [0.4, 0.5) is 0 Å². The fourth-order valence-corrected chi connectivity index (χ4v) is 1.95. The molecule has 1 aromatic heterocycles. The number of benzene rings is 2. The summed E-state index contributed by atoms with van der Waals surface area (Å²) in [4.78, 5) is 0. The lowest BCUT2D eigenvalue weighted by atomic mass is 10.2. The molecule has 0 aliphatic carbocycles. The summed E-state index contributed by atoms with van der Waals surface area (Å²) in [6, 6.07) is 14.0. The average molecular weight is 273 g/mol. The monoisotopic (exact) mass is 272 g/mol. The van der Waals surface area contributed by atoms with Crippen molar-refractivity contribution in [3.05, 3.63) is 53.6 Å². The minimum atomic E-state index is 0.0943. The number of aromatic hydroxyl groups is 1. The normalized spacial score (nSPS) is 10.6. The maximum absolute atomic E-state index is 9.74. The standard InChI is InChI=1S/C14H9ClN2O2/c15-11-7-3-1-5-9(11)13-16-17-14(19-13)10-6-2-4-8-12(10)18/h1-8,18H. The first-order valence-electron chi connectivity index (χ1n) is 5.62. The van der Waals surface area contributed by atoms with E-state index in [1.807, 2.05) is 12.1 Å². The lowest BCUT2D eigenvalue weighted by Crippen LogP contribution is -1.78. The van der Waals surface area contributed by atoms with E-state index in [-0.39, 0.29) is 11.6 Å². The second-order valence-electron chi connectivity index (χ2n) is 3.91. The van der Waals surface area contributed by atoms with Crippen LogP contribution >= 0.6 is 11.6 Å². The van der Waals surface area contributed by atoms with Crippen LogP contribution in [0.1, 0.15) is 0 Å². The number of aromatic nitrogens is 2. The van der Waals surface area contributed by atoms with E-state index in [1.165, 1.54) is 0 Å². The number of nitrogens with zero attached hydrogens (tertiary/aromatic N) is 2. The molecule has 3 rings (SSSR count). The molecule has 0 aliphatic heterocycles. The summed E-state index contributed by atoms with van der Waals surface area (Å²) in [7, 11) is 0. The van der Waals surface area contributed by atoms with Gasteiger partial charge in [-0.25, -0.2) is 0 Å². The zero-order valence-electron chi connectivity index (χ0n) is 9.75. The summed E-state index contributed by atoms with van der Waals surface area (Å²) in [5.74, 6) is 0.675. The number of halogens is 1. The Morgan fingerprint density at radius 2 is 1.42 bits per heavy atom. The van der Waals surface area contributed by atoms with Crippen LogP contribution in [-0.4, -0.2) is 15.3 Å². The molecule has 0 atom stereocenters. The van der Waals surface area contributed by atoms with Crippen LogP contribution in [-0.2, 0) is 0 Å². The fraction of sp³-hybridized carbons (Fsp3) is 0. The Morgan fingerprint density at radius 3 is 2.11 bits per heavy atom. The Hall–Kier alpha value is -2.33. The molecule has 3 aromatic rings. The quantitative estimate of drug-likeness (QED) is 0.771. The molecule has 0 unspecified atom stereocenters. The van der Waals surface area contributed by atoms with Gasteiger partial charge in [-0.05, 0) is 24.3 Å². The lowest BCUT2D eigenvalue weighted by Gasteiger charge is -1.98. The second kappa shape index (κ2) is 4.74. The molecule has 1 N–H and O–H groups in total. The van der Waals surface area contributed by atoms with Gasteiger partial charge in [-0.2, -0.15) is 0 Å². The Kier molecular flexibility index (Phi) is 2.93. The maximum atomic E-state index is 9.74. The van der Waals surface area contributed by atoms with Gasteiger partial charge in [0.05, 0.1) is 16.1 Å². The van der Waals surface area contributed by atoms with Gasteiger partial charge in [0, 0.05) is 0 Å². The number of hydrogen-bond donors (Lipinski definition) is 1. The van der Waals surface area contributed by atoms with Crippen molar-refractivity contribution in [3.63, 3.8) is 0 Å². The van der Waals surface area contributed by atoms with E-state index in [9.17, 15) is 5.11 Å². The molecule has 0 spiro atoms. The molecular formula is C14H9ClN2O2. The largest absolute Gasteiger partial charge is 0.507 e. The molecular weight excluding hydrogens is 264 g/mol. The van der Waals surface area contributed by atoms with Crippen LogP contribution in [0.5, 0.6) is 5.75 Å². The third-order valence-corrected chi connectivity index (χ3v) is 2.99. The Morgan fingerprint density at radius 1 is 0.842 bits per heavy atom. The first kappa shape index (κ1) is 11.7. The SMILES string of the molecule is Oc1ccccc1-c1nnc(-c2ccccc2Cl)o1. The van der Waals surface area contributed by atoms with Crippen LogP contribution in [0.3, 0.4) is 0 Å². The van der Waals surface area contributed by atoms with Crippen molar-refractivity contribution in [3.8, 4) is 28.7 Å². The van der Waals surface area contributed by atoms with Crippen LogP contribution in [0.25, 0.3) is 22.9 Å². The fourth-order valence-electron chi connectivity index (χ4n) is 1.73. The van der Waals surface area contributed by atoms with E-state index in [4.69, 9.17) is 16.0 Å². The third-order valence-electron chi connectivity index (χ3n) is 2.66. The predicted molar refractivity (Wildman–Crippen MR) is 71.8 cm³/mol. The number of para-hydroxylation sites is 1. The first-order chi connectivity index (χ1) is 9.25. The summed E-state index contributed by atoms with van der Waals surface area (Å²) in [6.07, 6.45) is 0. The van der Waals surface area contributed by atoms with E-state index in [0.29, 0.717) is 22.0 Å². The van der Waals surface area contributed by atoms with Gasteiger partial charge in [-0.15, -0.1) is 10.2 Å². The minimum Gasteiger partial charge on any atom is -0.507 e. The van der Waals surface area contributed by atoms with Crippen molar-refractivity contribution in [1.29, 1.82) is 0 Å². The van der Waals surface area contributed by atoms with Gasteiger partial charge in [-0.3, -0.25) is 0 Å². The van der Waals surface area contributed by atoms with Gasteiger partial charge in [0.1, 0.15) is 5.75 Å². The van der Waals surface area contributed by atoms with E-state index in [0.717, 1.165) is 0 Å². The topological polar surface area (TPSA) is 59.2 Å². The zero-order valence-corrected chi connectivity index (χ0v) is 10.5. The van der Waals surface area contributed by atoms with Crippen LogP contribution < -0.4 is 0 Å². The van der Waals surface area contributed by atoms with Gasteiger partial charge in [-0.1, -0.05) is 35.9 Å². The molecule has 1 heterocycles.